The zero-order valence-electron chi connectivity index (χ0n) is 10.6. The van der Waals surface area contributed by atoms with Gasteiger partial charge >= 0.3 is 0 Å². The maximum absolute atomic E-state index is 11.9. The number of carbonyl (C=O) groups is 1. The van der Waals surface area contributed by atoms with Crippen molar-refractivity contribution in [2.24, 2.45) is 0 Å². The third-order valence-electron chi connectivity index (χ3n) is 2.94. The summed E-state index contributed by atoms with van der Waals surface area (Å²) in [6.07, 6.45) is 0.895. The zero-order chi connectivity index (χ0) is 13.2. The van der Waals surface area contributed by atoms with Crippen LogP contribution < -0.4 is 0 Å². The number of rotatable bonds is 7. The SMILES string of the molecule is N#CCCN(CCN1CCOCC1)C(=O)CCBr. The molecule has 0 unspecified atom stereocenters. The molecule has 1 aliphatic rings. The number of alkyl halides is 1. The monoisotopic (exact) mass is 317 g/mol. The van der Waals surface area contributed by atoms with Crippen molar-refractivity contribution in [1.29, 1.82) is 5.26 Å². The summed E-state index contributed by atoms with van der Waals surface area (Å²) >= 11 is 3.27. The standard InChI is InChI=1S/C12H20BrN3O2/c13-3-2-12(17)16(5-1-4-14)7-6-15-8-10-18-11-9-15/h1-3,5-11H2. The maximum Gasteiger partial charge on any atom is 0.223 e. The zero-order valence-corrected chi connectivity index (χ0v) is 12.2. The van der Waals surface area contributed by atoms with Crippen LogP contribution in [0.1, 0.15) is 12.8 Å². The number of amides is 1. The molecule has 0 aromatic heterocycles. The summed E-state index contributed by atoms with van der Waals surface area (Å²) in [6.45, 7) is 5.50. The van der Waals surface area contributed by atoms with E-state index in [9.17, 15) is 4.79 Å². The first-order valence-corrected chi connectivity index (χ1v) is 7.41. The van der Waals surface area contributed by atoms with Gasteiger partial charge in [0.1, 0.15) is 0 Å². The lowest BCUT2D eigenvalue weighted by Crippen LogP contribution is -2.43. The summed E-state index contributed by atoms with van der Waals surface area (Å²) in [5, 5.41) is 9.29. The second-order valence-corrected chi connectivity index (χ2v) is 4.97. The first-order chi connectivity index (χ1) is 8.77. The summed E-state index contributed by atoms with van der Waals surface area (Å²) in [5.74, 6) is 0.121. The first kappa shape index (κ1) is 15.4. The molecule has 0 aromatic carbocycles. The van der Waals surface area contributed by atoms with Gasteiger partial charge < -0.3 is 9.64 Å². The number of ether oxygens (including phenoxy) is 1. The van der Waals surface area contributed by atoms with Crippen molar-refractivity contribution < 1.29 is 9.53 Å². The molecule has 0 radical (unpaired) electrons. The van der Waals surface area contributed by atoms with E-state index in [1.54, 1.807) is 4.90 Å². The van der Waals surface area contributed by atoms with Crippen LogP contribution in [-0.2, 0) is 9.53 Å². The van der Waals surface area contributed by atoms with Gasteiger partial charge in [0.2, 0.25) is 5.91 Å². The van der Waals surface area contributed by atoms with Crippen LogP contribution in [-0.4, -0.2) is 67.0 Å². The van der Waals surface area contributed by atoms with Gasteiger partial charge in [-0.3, -0.25) is 9.69 Å². The molecule has 1 saturated heterocycles. The molecule has 0 atom stereocenters. The van der Waals surface area contributed by atoms with Gasteiger partial charge in [-0.1, -0.05) is 15.9 Å². The molecule has 0 bridgehead atoms. The second kappa shape index (κ2) is 9.31. The van der Waals surface area contributed by atoms with Crippen molar-refractivity contribution in [3.8, 4) is 6.07 Å². The fourth-order valence-corrected chi connectivity index (χ4v) is 2.21. The average Bonchev–Trinajstić information content (AvgIpc) is 2.40. The first-order valence-electron chi connectivity index (χ1n) is 6.28. The topological polar surface area (TPSA) is 56.6 Å². The van der Waals surface area contributed by atoms with Gasteiger partial charge in [0.25, 0.3) is 0 Å². The fraction of sp³-hybridized carbons (Fsp3) is 0.833. The predicted octanol–water partition coefficient (Wildman–Crippen LogP) is 0.846. The quantitative estimate of drug-likeness (QED) is 0.653. The van der Waals surface area contributed by atoms with Gasteiger partial charge in [-0.25, -0.2) is 0 Å². The van der Waals surface area contributed by atoms with Crippen molar-refractivity contribution >= 4 is 21.8 Å². The van der Waals surface area contributed by atoms with E-state index in [2.05, 4.69) is 26.9 Å². The van der Waals surface area contributed by atoms with E-state index in [4.69, 9.17) is 10.00 Å². The van der Waals surface area contributed by atoms with Crippen molar-refractivity contribution in [3.05, 3.63) is 0 Å². The van der Waals surface area contributed by atoms with Crippen LogP contribution in [0.25, 0.3) is 0 Å². The molecule has 0 aliphatic carbocycles. The van der Waals surface area contributed by atoms with E-state index in [-0.39, 0.29) is 5.91 Å². The number of nitrogens with zero attached hydrogens (tertiary/aromatic N) is 3. The average molecular weight is 318 g/mol. The van der Waals surface area contributed by atoms with Crippen LogP contribution in [0, 0.1) is 11.3 Å². The summed E-state index contributed by atoms with van der Waals surface area (Å²) in [7, 11) is 0. The summed E-state index contributed by atoms with van der Waals surface area (Å²) in [5.41, 5.74) is 0. The number of halogens is 1. The summed E-state index contributed by atoms with van der Waals surface area (Å²) in [4.78, 5) is 16.0. The normalized spacial score (nSPS) is 16.2. The van der Waals surface area contributed by atoms with Gasteiger partial charge in [0.05, 0.1) is 25.7 Å². The van der Waals surface area contributed by atoms with Crippen molar-refractivity contribution in [3.63, 3.8) is 0 Å². The van der Waals surface area contributed by atoms with Crippen molar-refractivity contribution in [2.75, 3.05) is 51.3 Å². The van der Waals surface area contributed by atoms with Crippen LogP contribution in [0.3, 0.4) is 0 Å². The van der Waals surface area contributed by atoms with Crippen molar-refractivity contribution in [2.45, 2.75) is 12.8 Å². The van der Waals surface area contributed by atoms with Crippen LogP contribution >= 0.6 is 15.9 Å². The van der Waals surface area contributed by atoms with Gasteiger partial charge in [0.15, 0.2) is 0 Å². The highest BCUT2D eigenvalue weighted by Crippen LogP contribution is 2.02. The van der Waals surface area contributed by atoms with Crippen LogP contribution in [0.5, 0.6) is 0 Å². The van der Waals surface area contributed by atoms with Gasteiger partial charge in [-0.2, -0.15) is 5.26 Å². The maximum atomic E-state index is 11.9. The Morgan fingerprint density at radius 1 is 1.39 bits per heavy atom. The van der Waals surface area contributed by atoms with Crippen LogP contribution in [0.4, 0.5) is 0 Å². The molecule has 0 N–H and O–H groups in total. The highest BCUT2D eigenvalue weighted by Gasteiger charge is 2.15. The smallest absolute Gasteiger partial charge is 0.223 e. The Labute approximate surface area is 117 Å². The lowest BCUT2D eigenvalue weighted by molar-refractivity contribution is -0.131. The Kier molecular flexibility index (Phi) is 7.98. The highest BCUT2D eigenvalue weighted by atomic mass is 79.9. The molecule has 0 aromatic rings. The largest absolute Gasteiger partial charge is 0.379 e. The molecule has 0 saturated carbocycles. The van der Waals surface area contributed by atoms with Gasteiger partial charge in [-0.15, -0.1) is 0 Å². The van der Waals surface area contributed by atoms with E-state index < -0.39 is 0 Å². The number of carbonyl (C=O) groups excluding carboxylic acids is 1. The number of hydrogen-bond acceptors (Lipinski definition) is 4. The third kappa shape index (κ3) is 5.80. The minimum atomic E-state index is 0.121. The van der Waals surface area contributed by atoms with E-state index in [0.29, 0.717) is 31.3 Å². The Morgan fingerprint density at radius 3 is 2.72 bits per heavy atom. The van der Waals surface area contributed by atoms with E-state index in [1.165, 1.54) is 0 Å². The number of morpholine rings is 1. The highest BCUT2D eigenvalue weighted by molar-refractivity contribution is 9.09. The molecular formula is C12H20BrN3O2. The molecule has 1 amide bonds. The Balaban J connectivity index is 2.34. The van der Waals surface area contributed by atoms with Crippen LogP contribution in [0.2, 0.25) is 0 Å². The summed E-state index contributed by atoms with van der Waals surface area (Å²) in [6, 6.07) is 2.09. The third-order valence-corrected chi connectivity index (χ3v) is 3.34. The number of hydrogen-bond donors (Lipinski definition) is 0. The Bertz CT molecular complexity index is 288. The molecule has 102 valence electrons. The molecule has 1 rings (SSSR count). The molecule has 5 nitrogen and oxygen atoms in total. The summed E-state index contributed by atoms with van der Waals surface area (Å²) < 4.78 is 5.29. The minimum absolute atomic E-state index is 0.121. The fourth-order valence-electron chi connectivity index (χ4n) is 1.87. The lowest BCUT2D eigenvalue weighted by atomic mass is 10.3. The van der Waals surface area contributed by atoms with E-state index in [1.807, 2.05) is 0 Å². The van der Waals surface area contributed by atoms with Gasteiger partial charge in [-0.05, 0) is 0 Å². The van der Waals surface area contributed by atoms with E-state index >= 15 is 0 Å². The lowest BCUT2D eigenvalue weighted by Gasteiger charge is -2.29. The molecule has 1 aliphatic heterocycles. The molecule has 0 spiro atoms. The molecular weight excluding hydrogens is 298 g/mol. The van der Waals surface area contributed by atoms with E-state index in [0.717, 1.165) is 32.8 Å². The predicted molar refractivity (Wildman–Crippen MR) is 72.5 cm³/mol. The Morgan fingerprint density at radius 2 is 2.11 bits per heavy atom. The van der Waals surface area contributed by atoms with Crippen molar-refractivity contribution in [1.82, 2.24) is 9.80 Å². The number of nitriles is 1. The van der Waals surface area contributed by atoms with Gasteiger partial charge in [0, 0.05) is 44.5 Å². The minimum Gasteiger partial charge on any atom is -0.379 e. The molecule has 6 heteroatoms. The molecule has 1 fully saturated rings. The molecule has 18 heavy (non-hydrogen) atoms. The van der Waals surface area contributed by atoms with Crippen LogP contribution in [0.15, 0.2) is 0 Å². The second-order valence-electron chi connectivity index (χ2n) is 4.18. The molecule has 1 heterocycles. The Hall–Kier alpha value is -0.640.